The third-order valence-electron chi connectivity index (χ3n) is 2.46. The molecule has 1 aromatic carbocycles. The highest BCUT2D eigenvalue weighted by molar-refractivity contribution is 6.29. The lowest BCUT2D eigenvalue weighted by Crippen LogP contribution is -2.33. The van der Waals surface area contributed by atoms with E-state index in [1.165, 1.54) is 0 Å². The van der Waals surface area contributed by atoms with Crippen LogP contribution in [0.2, 0.25) is 5.15 Å². The lowest BCUT2D eigenvalue weighted by Gasteiger charge is -2.08. The average molecular weight is 292 g/mol. The van der Waals surface area contributed by atoms with Crippen molar-refractivity contribution in [1.29, 1.82) is 0 Å². The van der Waals surface area contributed by atoms with Crippen LogP contribution in [-0.2, 0) is 0 Å². The first-order chi connectivity index (χ1) is 9.65. The molecule has 20 heavy (non-hydrogen) atoms. The SMILES string of the molecule is NC(=O)NCCNc1cc(Cl)nc(-c2ccccc2)n1. The number of urea groups is 1. The number of nitrogens with two attached hydrogens (primary N) is 1. The second kappa shape index (κ2) is 6.72. The number of benzene rings is 1. The summed E-state index contributed by atoms with van der Waals surface area (Å²) < 4.78 is 0. The van der Waals surface area contributed by atoms with Crippen LogP contribution in [0, 0.1) is 0 Å². The van der Waals surface area contributed by atoms with E-state index >= 15 is 0 Å². The molecule has 0 unspecified atom stereocenters. The van der Waals surface area contributed by atoms with Crippen molar-refractivity contribution in [3.8, 4) is 11.4 Å². The van der Waals surface area contributed by atoms with Crippen LogP contribution in [-0.4, -0.2) is 29.1 Å². The van der Waals surface area contributed by atoms with Gasteiger partial charge in [0.25, 0.3) is 0 Å². The van der Waals surface area contributed by atoms with Crippen LogP contribution in [0.15, 0.2) is 36.4 Å². The second-order valence-corrected chi connectivity index (χ2v) is 4.37. The molecule has 2 amide bonds. The molecule has 0 saturated heterocycles. The quantitative estimate of drug-likeness (QED) is 0.579. The van der Waals surface area contributed by atoms with Gasteiger partial charge < -0.3 is 16.4 Å². The van der Waals surface area contributed by atoms with Gasteiger partial charge in [-0.3, -0.25) is 0 Å². The van der Waals surface area contributed by atoms with E-state index in [0.29, 0.717) is 29.9 Å². The summed E-state index contributed by atoms with van der Waals surface area (Å²) in [6, 6.07) is 10.6. The van der Waals surface area contributed by atoms with Gasteiger partial charge in [-0.15, -0.1) is 0 Å². The Morgan fingerprint density at radius 3 is 2.65 bits per heavy atom. The topological polar surface area (TPSA) is 92.9 Å². The van der Waals surface area contributed by atoms with E-state index in [4.69, 9.17) is 17.3 Å². The number of hydrogen-bond donors (Lipinski definition) is 3. The highest BCUT2D eigenvalue weighted by atomic mass is 35.5. The van der Waals surface area contributed by atoms with Crippen LogP contribution in [0.3, 0.4) is 0 Å². The van der Waals surface area contributed by atoms with Gasteiger partial charge >= 0.3 is 6.03 Å². The number of carbonyl (C=O) groups excluding carboxylic acids is 1. The van der Waals surface area contributed by atoms with Crippen LogP contribution in [0.1, 0.15) is 0 Å². The standard InChI is InChI=1S/C13H14ClN5O/c14-10-8-11(16-6-7-17-13(15)20)19-12(18-10)9-4-2-1-3-5-9/h1-5,8H,6-7H2,(H3,15,17,20)(H,16,18,19). The summed E-state index contributed by atoms with van der Waals surface area (Å²) in [6.45, 7) is 0.891. The highest BCUT2D eigenvalue weighted by Crippen LogP contribution is 2.19. The normalized spacial score (nSPS) is 10.1. The van der Waals surface area contributed by atoms with Crippen molar-refractivity contribution in [2.75, 3.05) is 18.4 Å². The Balaban J connectivity index is 2.07. The second-order valence-electron chi connectivity index (χ2n) is 3.98. The number of primary amides is 1. The van der Waals surface area contributed by atoms with Gasteiger partial charge in [0.2, 0.25) is 0 Å². The van der Waals surface area contributed by atoms with E-state index in [-0.39, 0.29) is 0 Å². The molecule has 0 bridgehead atoms. The van der Waals surface area contributed by atoms with Crippen LogP contribution in [0.4, 0.5) is 10.6 Å². The minimum Gasteiger partial charge on any atom is -0.368 e. The Morgan fingerprint density at radius 2 is 1.95 bits per heavy atom. The summed E-state index contributed by atoms with van der Waals surface area (Å²) in [5.41, 5.74) is 5.85. The maximum absolute atomic E-state index is 10.5. The first kappa shape index (κ1) is 14.1. The molecule has 0 aliphatic rings. The van der Waals surface area contributed by atoms with Crippen molar-refractivity contribution in [2.45, 2.75) is 0 Å². The van der Waals surface area contributed by atoms with E-state index < -0.39 is 6.03 Å². The van der Waals surface area contributed by atoms with Gasteiger partial charge in [0.1, 0.15) is 11.0 Å². The van der Waals surface area contributed by atoms with Gasteiger partial charge in [-0.25, -0.2) is 14.8 Å². The van der Waals surface area contributed by atoms with Gasteiger partial charge in [0.15, 0.2) is 5.82 Å². The molecule has 0 atom stereocenters. The Bertz CT molecular complexity index is 591. The van der Waals surface area contributed by atoms with Crippen molar-refractivity contribution in [3.05, 3.63) is 41.6 Å². The fourth-order valence-corrected chi connectivity index (χ4v) is 1.78. The zero-order valence-corrected chi connectivity index (χ0v) is 11.4. The third-order valence-corrected chi connectivity index (χ3v) is 2.65. The molecule has 2 aromatic rings. The Kier molecular flexibility index (Phi) is 4.73. The Labute approximate surface area is 121 Å². The smallest absolute Gasteiger partial charge is 0.312 e. The number of halogens is 1. The number of amides is 2. The van der Waals surface area contributed by atoms with E-state index in [1.54, 1.807) is 6.07 Å². The van der Waals surface area contributed by atoms with Crippen LogP contribution >= 0.6 is 11.6 Å². The molecule has 2 rings (SSSR count). The Morgan fingerprint density at radius 1 is 1.20 bits per heavy atom. The van der Waals surface area contributed by atoms with Crippen LogP contribution < -0.4 is 16.4 Å². The molecule has 0 spiro atoms. The molecule has 0 saturated carbocycles. The number of nitrogens with one attached hydrogen (secondary N) is 2. The molecular weight excluding hydrogens is 278 g/mol. The summed E-state index contributed by atoms with van der Waals surface area (Å²) >= 11 is 5.98. The first-order valence-corrected chi connectivity index (χ1v) is 6.40. The highest BCUT2D eigenvalue weighted by Gasteiger charge is 2.05. The summed E-state index contributed by atoms with van der Waals surface area (Å²) in [5.74, 6) is 1.14. The maximum atomic E-state index is 10.5. The fourth-order valence-electron chi connectivity index (χ4n) is 1.60. The first-order valence-electron chi connectivity index (χ1n) is 6.02. The fraction of sp³-hybridized carbons (Fsp3) is 0.154. The molecule has 0 radical (unpaired) electrons. The number of nitrogens with zero attached hydrogens (tertiary/aromatic N) is 2. The molecule has 1 aromatic heterocycles. The van der Waals surface area contributed by atoms with Crippen LogP contribution in [0.5, 0.6) is 0 Å². The molecule has 0 fully saturated rings. The van der Waals surface area contributed by atoms with E-state index in [1.807, 2.05) is 30.3 Å². The summed E-state index contributed by atoms with van der Waals surface area (Å²) in [4.78, 5) is 19.1. The van der Waals surface area contributed by atoms with Gasteiger partial charge in [0, 0.05) is 24.7 Å². The van der Waals surface area contributed by atoms with Crippen molar-refractivity contribution in [1.82, 2.24) is 15.3 Å². The Hall–Kier alpha value is -2.34. The molecule has 104 valence electrons. The number of aromatic nitrogens is 2. The average Bonchev–Trinajstić information content (AvgIpc) is 2.44. The molecule has 7 heteroatoms. The van der Waals surface area contributed by atoms with Crippen molar-refractivity contribution >= 4 is 23.4 Å². The zero-order valence-electron chi connectivity index (χ0n) is 10.6. The van der Waals surface area contributed by atoms with Crippen LogP contribution in [0.25, 0.3) is 11.4 Å². The molecular formula is C13H14ClN5O. The molecule has 0 aliphatic carbocycles. The lowest BCUT2D eigenvalue weighted by atomic mass is 10.2. The summed E-state index contributed by atoms with van der Waals surface area (Å²) in [5, 5.41) is 5.87. The predicted octanol–water partition coefficient (Wildman–Crippen LogP) is 1.88. The van der Waals surface area contributed by atoms with Crippen molar-refractivity contribution < 1.29 is 4.79 Å². The predicted molar refractivity (Wildman–Crippen MR) is 78.6 cm³/mol. The van der Waals surface area contributed by atoms with Gasteiger partial charge in [-0.1, -0.05) is 41.9 Å². The molecule has 4 N–H and O–H groups in total. The van der Waals surface area contributed by atoms with Crippen molar-refractivity contribution in [3.63, 3.8) is 0 Å². The minimum atomic E-state index is -0.558. The summed E-state index contributed by atoms with van der Waals surface area (Å²) in [6.07, 6.45) is 0. The number of hydrogen-bond acceptors (Lipinski definition) is 4. The zero-order chi connectivity index (χ0) is 14.4. The van der Waals surface area contributed by atoms with Gasteiger partial charge in [-0.2, -0.15) is 0 Å². The van der Waals surface area contributed by atoms with Crippen molar-refractivity contribution in [2.24, 2.45) is 5.73 Å². The minimum absolute atomic E-state index is 0.351. The molecule has 0 aliphatic heterocycles. The molecule has 1 heterocycles. The number of anilines is 1. The maximum Gasteiger partial charge on any atom is 0.312 e. The van der Waals surface area contributed by atoms with E-state index in [0.717, 1.165) is 5.56 Å². The number of rotatable bonds is 5. The number of carbonyl (C=O) groups is 1. The van der Waals surface area contributed by atoms with E-state index in [9.17, 15) is 4.79 Å². The summed E-state index contributed by atoms with van der Waals surface area (Å²) in [7, 11) is 0. The largest absolute Gasteiger partial charge is 0.368 e. The van der Waals surface area contributed by atoms with Gasteiger partial charge in [0.05, 0.1) is 0 Å². The third kappa shape index (κ3) is 4.10. The lowest BCUT2D eigenvalue weighted by molar-refractivity contribution is 0.249. The monoisotopic (exact) mass is 291 g/mol. The molecule has 6 nitrogen and oxygen atoms in total. The van der Waals surface area contributed by atoms with E-state index in [2.05, 4.69) is 20.6 Å². The van der Waals surface area contributed by atoms with Gasteiger partial charge in [-0.05, 0) is 0 Å².